The van der Waals surface area contributed by atoms with E-state index in [4.69, 9.17) is 4.74 Å². The number of piperazine rings is 1. The summed E-state index contributed by atoms with van der Waals surface area (Å²) in [5.74, 6) is 0.620. The van der Waals surface area contributed by atoms with Crippen LogP contribution in [0, 0.1) is 0 Å². The minimum atomic E-state index is -2.80. The highest BCUT2D eigenvalue weighted by molar-refractivity contribution is 7.91. The van der Waals surface area contributed by atoms with E-state index >= 15 is 0 Å². The molecule has 0 aromatic carbocycles. The molecule has 0 N–H and O–H groups in total. The maximum atomic E-state index is 12.4. The number of sulfone groups is 1. The van der Waals surface area contributed by atoms with Crippen LogP contribution >= 0.6 is 0 Å². The maximum Gasteiger partial charge on any atom is 0.320 e. The van der Waals surface area contributed by atoms with Gasteiger partial charge in [-0.2, -0.15) is 0 Å². The standard InChI is InChI=1S/C14H25N3O4S/c18-14(17-7-9-21-10-8-17)16-5-3-15(4-6-16)13-1-11-22(19,20)12-2-13/h13H,1-12H2. The summed E-state index contributed by atoms with van der Waals surface area (Å²) in [7, 11) is -2.80. The van der Waals surface area contributed by atoms with Gasteiger partial charge < -0.3 is 14.5 Å². The van der Waals surface area contributed by atoms with Crippen molar-refractivity contribution in [1.29, 1.82) is 0 Å². The molecule has 3 aliphatic rings. The molecule has 2 amide bonds. The van der Waals surface area contributed by atoms with Gasteiger partial charge >= 0.3 is 6.03 Å². The number of carbonyl (C=O) groups excluding carboxylic acids is 1. The Balaban J connectivity index is 1.47. The van der Waals surface area contributed by atoms with Crippen LogP contribution in [-0.2, 0) is 14.6 Å². The summed E-state index contributed by atoms with van der Waals surface area (Å²) in [6.07, 6.45) is 1.47. The highest BCUT2D eigenvalue weighted by Crippen LogP contribution is 2.20. The van der Waals surface area contributed by atoms with Gasteiger partial charge in [0.2, 0.25) is 0 Å². The minimum absolute atomic E-state index is 0.120. The van der Waals surface area contributed by atoms with Crippen molar-refractivity contribution in [2.45, 2.75) is 18.9 Å². The largest absolute Gasteiger partial charge is 0.378 e. The second-order valence-electron chi connectivity index (χ2n) is 6.29. The van der Waals surface area contributed by atoms with Crippen molar-refractivity contribution in [3.8, 4) is 0 Å². The summed E-state index contributed by atoms with van der Waals surface area (Å²) in [5.41, 5.74) is 0. The Morgan fingerprint density at radius 3 is 2.00 bits per heavy atom. The van der Waals surface area contributed by atoms with Crippen molar-refractivity contribution in [1.82, 2.24) is 14.7 Å². The Morgan fingerprint density at radius 2 is 1.41 bits per heavy atom. The smallest absolute Gasteiger partial charge is 0.320 e. The van der Waals surface area contributed by atoms with Crippen LogP contribution in [0.3, 0.4) is 0 Å². The fraction of sp³-hybridized carbons (Fsp3) is 0.929. The normalized spacial score (nSPS) is 27.8. The van der Waals surface area contributed by atoms with Gasteiger partial charge in [-0.1, -0.05) is 0 Å². The molecule has 3 heterocycles. The molecule has 0 aromatic rings. The number of morpholine rings is 1. The molecule has 3 saturated heterocycles. The Labute approximate surface area is 132 Å². The highest BCUT2D eigenvalue weighted by atomic mass is 32.2. The molecule has 8 heteroatoms. The zero-order valence-corrected chi connectivity index (χ0v) is 13.8. The first-order valence-electron chi connectivity index (χ1n) is 8.11. The lowest BCUT2D eigenvalue weighted by Crippen LogP contribution is -2.57. The van der Waals surface area contributed by atoms with Crippen LogP contribution in [0.4, 0.5) is 4.79 Å². The molecule has 0 atom stereocenters. The molecule has 0 radical (unpaired) electrons. The van der Waals surface area contributed by atoms with Crippen molar-refractivity contribution in [2.75, 3.05) is 64.0 Å². The van der Waals surface area contributed by atoms with Crippen LogP contribution in [0.2, 0.25) is 0 Å². The van der Waals surface area contributed by atoms with E-state index in [1.807, 2.05) is 9.80 Å². The van der Waals surface area contributed by atoms with Crippen molar-refractivity contribution < 1.29 is 17.9 Å². The fourth-order valence-electron chi connectivity index (χ4n) is 3.48. The van der Waals surface area contributed by atoms with Gasteiger partial charge in [0, 0.05) is 45.3 Å². The molecule has 7 nitrogen and oxygen atoms in total. The number of carbonyl (C=O) groups is 1. The Morgan fingerprint density at radius 1 is 0.864 bits per heavy atom. The molecule has 0 spiro atoms. The van der Waals surface area contributed by atoms with Crippen LogP contribution in [0.25, 0.3) is 0 Å². The number of ether oxygens (including phenoxy) is 1. The minimum Gasteiger partial charge on any atom is -0.378 e. The van der Waals surface area contributed by atoms with Crippen LogP contribution in [0.1, 0.15) is 12.8 Å². The van der Waals surface area contributed by atoms with Crippen LogP contribution in [0.5, 0.6) is 0 Å². The molecule has 3 rings (SSSR count). The lowest BCUT2D eigenvalue weighted by molar-refractivity contribution is 0.0342. The molecule has 0 saturated carbocycles. The van der Waals surface area contributed by atoms with Gasteiger partial charge in [-0.3, -0.25) is 4.90 Å². The molecule has 22 heavy (non-hydrogen) atoms. The predicted octanol–water partition coefficient (Wildman–Crippen LogP) is -0.367. The number of rotatable bonds is 1. The molecule has 126 valence electrons. The molecule has 0 aromatic heterocycles. The lowest BCUT2D eigenvalue weighted by Gasteiger charge is -2.42. The Bertz CT molecular complexity index is 482. The molecule has 0 aliphatic carbocycles. The summed E-state index contributed by atoms with van der Waals surface area (Å²) in [4.78, 5) is 18.6. The quantitative estimate of drug-likeness (QED) is 0.656. The third-order valence-electron chi connectivity index (χ3n) is 4.91. The average Bonchev–Trinajstić information content (AvgIpc) is 2.55. The summed E-state index contributed by atoms with van der Waals surface area (Å²) in [5, 5.41) is 0. The van der Waals surface area contributed by atoms with Crippen molar-refractivity contribution in [2.24, 2.45) is 0 Å². The average molecular weight is 331 g/mol. The van der Waals surface area contributed by atoms with E-state index in [1.54, 1.807) is 0 Å². The molecule has 0 bridgehead atoms. The van der Waals surface area contributed by atoms with Crippen molar-refractivity contribution in [3.63, 3.8) is 0 Å². The van der Waals surface area contributed by atoms with Gasteiger partial charge in [0.25, 0.3) is 0 Å². The third-order valence-corrected chi connectivity index (χ3v) is 6.62. The molecule has 0 unspecified atom stereocenters. The van der Waals surface area contributed by atoms with Crippen LogP contribution < -0.4 is 0 Å². The first kappa shape index (κ1) is 16.0. The Kier molecular flexibility index (Phi) is 4.89. The number of urea groups is 1. The van der Waals surface area contributed by atoms with E-state index < -0.39 is 9.84 Å². The second kappa shape index (κ2) is 6.72. The zero-order chi connectivity index (χ0) is 15.6. The van der Waals surface area contributed by atoms with Gasteiger partial charge in [0.1, 0.15) is 9.84 Å². The third kappa shape index (κ3) is 3.72. The van der Waals surface area contributed by atoms with Crippen LogP contribution in [0.15, 0.2) is 0 Å². The second-order valence-corrected chi connectivity index (χ2v) is 8.59. The van der Waals surface area contributed by atoms with Crippen molar-refractivity contribution >= 4 is 15.9 Å². The summed E-state index contributed by atoms with van der Waals surface area (Å²) in [6.45, 7) is 5.78. The highest BCUT2D eigenvalue weighted by Gasteiger charge is 2.32. The van der Waals surface area contributed by atoms with E-state index in [-0.39, 0.29) is 6.03 Å². The SMILES string of the molecule is O=C(N1CCOCC1)N1CCN(C2CCS(=O)(=O)CC2)CC1. The topological polar surface area (TPSA) is 70.2 Å². The number of amides is 2. The zero-order valence-electron chi connectivity index (χ0n) is 12.9. The first-order valence-corrected chi connectivity index (χ1v) is 9.93. The summed E-state index contributed by atoms with van der Waals surface area (Å²) < 4.78 is 28.3. The monoisotopic (exact) mass is 331 g/mol. The molecule has 3 aliphatic heterocycles. The van der Waals surface area contributed by atoms with E-state index in [0.29, 0.717) is 43.9 Å². The number of nitrogens with zero attached hydrogens (tertiary/aromatic N) is 3. The van der Waals surface area contributed by atoms with E-state index in [2.05, 4.69) is 4.90 Å². The van der Waals surface area contributed by atoms with Gasteiger partial charge in [0.15, 0.2) is 0 Å². The fourth-order valence-corrected chi connectivity index (χ4v) is 4.94. The van der Waals surface area contributed by atoms with Gasteiger partial charge in [-0.15, -0.1) is 0 Å². The lowest BCUT2D eigenvalue weighted by atomic mass is 10.1. The van der Waals surface area contributed by atoms with Gasteiger partial charge in [-0.25, -0.2) is 13.2 Å². The molecular formula is C14H25N3O4S. The molecule has 3 fully saturated rings. The first-order chi connectivity index (χ1) is 10.6. The summed E-state index contributed by atoms with van der Waals surface area (Å²) in [6, 6.07) is 0.485. The van der Waals surface area contributed by atoms with Gasteiger partial charge in [0.05, 0.1) is 24.7 Å². The molecular weight excluding hydrogens is 306 g/mol. The Hall–Kier alpha value is -0.860. The number of hydrogen-bond donors (Lipinski definition) is 0. The predicted molar refractivity (Wildman–Crippen MR) is 82.6 cm³/mol. The number of hydrogen-bond acceptors (Lipinski definition) is 5. The van der Waals surface area contributed by atoms with Crippen molar-refractivity contribution in [3.05, 3.63) is 0 Å². The van der Waals surface area contributed by atoms with Gasteiger partial charge in [-0.05, 0) is 12.8 Å². The maximum absolute atomic E-state index is 12.4. The van der Waals surface area contributed by atoms with Crippen LogP contribution in [-0.4, -0.2) is 99.2 Å². The van der Waals surface area contributed by atoms with E-state index in [0.717, 1.165) is 39.0 Å². The van der Waals surface area contributed by atoms with E-state index in [9.17, 15) is 13.2 Å². The summed E-state index contributed by atoms with van der Waals surface area (Å²) >= 11 is 0. The van der Waals surface area contributed by atoms with E-state index in [1.165, 1.54) is 0 Å².